The maximum Gasteiger partial charge on any atom is 0.152 e. The van der Waals surface area contributed by atoms with E-state index >= 15 is 0 Å². The van der Waals surface area contributed by atoms with E-state index in [1.165, 1.54) is 0 Å². The van der Waals surface area contributed by atoms with Crippen molar-refractivity contribution in [2.24, 2.45) is 5.73 Å². The van der Waals surface area contributed by atoms with E-state index in [9.17, 15) is 8.42 Å². The first-order chi connectivity index (χ1) is 6.40. The van der Waals surface area contributed by atoms with Crippen LogP contribution in [-0.4, -0.2) is 25.5 Å². The summed E-state index contributed by atoms with van der Waals surface area (Å²) >= 11 is 0. The summed E-state index contributed by atoms with van der Waals surface area (Å²) in [5.41, 5.74) is 5.79. The van der Waals surface area contributed by atoms with Gasteiger partial charge in [0, 0.05) is 6.04 Å². The third kappa shape index (κ3) is 5.60. The second kappa shape index (κ2) is 6.40. The van der Waals surface area contributed by atoms with E-state index in [2.05, 4.69) is 6.92 Å². The summed E-state index contributed by atoms with van der Waals surface area (Å²) in [7, 11) is -2.86. The molecule has 0 aromatic heterocycles. The zero-order valence-electron chi connectivity index (χ0n) is 9.49. The largest absolute Gasteiger partial charge is 0.328 e. The molecule has 0 saturated heterocycles. The van der Waals surface area contributed by atoms with Crippen LogP contribution in [0.15, 0.2) is 0 Å². The predicted octanol–water partition coefficient (Wildman–Crippen LogP) is 1.72. The van der Waals surface area contributed by atoms with Crippen LogP contribution in [0.3, 0.4) is 0 Å². The lowest BCUT2D eigenvalue weighted by atomic mass is 10.1. The lowest BCUT2D eigenvalue weighted by molar-refractivity contribution is 0.544. The Bertz CT molecular complexity index is 235. The molecule has 86 valence electrons. The molecule has 3 nitrogen and oxygen atoms in total. The summed E-state index contributed by atoms with van der Waals surface area (Å²) in [4.78, 5) is 0. The maximum atomic E-state index is 11.4. The fourth-order valence-corrected chi connectivity index (χ4v) is 2.34. The molecule has 14 heavy (non-hydrogen) atoms. The van der Waals surface area contributed by atoms with Crippen molar-refractivity contribution in [3.05, 3.63) is 0 Å². The fourth-order valence-electron chi connectivity index (χ4n) is 1.30. The second-order valence-electron chi connectivity index (χ2n) is 4.11. The Morgan fingerprint density at radius 3 is 2.21 bits per heavy atom. The highest BCUT2D eigenvalue weighted by Gasteiger charge is 2.15. The third-order valence-electron chi connectivity index (χ3n) is 2.38. The molecule has 0 rings (SSSR count). The summed E-state index contributed by atoms with van der Waals surface area (Å²) in [6.45, 7) is 5.54. The van der Waals surface area contributed by atoms with Crippen molar-refractivity contribution in [2.75, 3.05) is 5.75 Å². The van der Waals surface area contributed by atoms with Gasteiger partial charge in [-0.15, -0.1) is 0 Å². The summed E-state index contributed by atoms with van der Waals surface area (Å²) < 4.78 is 22.9. The van der Waals surface area contributed by atoms with Crippen LogP contribution in [0.5, 0.6) is 0 Å². The van der Waals surface area contributed by atoms with Crippen LogP contribution in [0.1, 0.15) is 46.5 Å². The zero-order chi connectivity index (χ0) is 11.2. The summed E-state index contributed by atoms with van der Waals surface area (Å²) in [6.07, 6.45) is 3.57. The van der Waals surface area contributed by atoms with Gasteiger partial charge in [-0.25, -0.2) is 8.42 Å². The average Bonchev–Trinajstić information content (AvgIpc) is 2.04. The molecule has 0 aliphatic carbocycles. The van der Waals surface area contributed by atoms with Crippen LogP contribution in [0.4, 0.5) is 0 Å². The van der Waals surface area contributed by atoms with Crippen molar-refractivity contribution < 1.29 is 8.42 Å². The normalized spacial score (nSPS) is 14.6. The van der Waals surface area contributed by atoms with Crippen LogP contribution in [-0.2, 0) is 9.84 Å². The molecular weight excluding hydrogens is 198 g/mol. The van der Waals surface area contributed by atoms with Crippen molar-refractivity contribution in [3.8, 4) is 0 Å². The van der Waals surface area contributed by atoms with Gasteiger partial charge in [-0.3, -0.25) is 0 Å². The molecular formula is C10H23NO2S. The van der Waals surface area contributed by atoms with Gasteiger partial charge in [-0.05, 0) is 33.1 Å². The zero-order valence-corrected chi connectivity index (χ0v) is 10.3. The number of hydrogen-bond donors (Lipinski definition) is 1. The minimum atomic E-state index is -2.86. The molecule has 0 radical (unpaired) electrons. The SMILES string of the molecule is CCCC(N)CCCS(=O)(=O)C(C)C. The van der Waals surface area contributed by atoms with Crippen molar-refractivity contribution in [2.45, 2.75) is 57.7 Å². The van der Waals surface area contributed by atoms with E-state index in [0.717, 1.165) is 19.3 Å². The first-order valence-electron chi connectivity index (χ1n) is 5.37. The number of sulfone groups is 1. The second-order valence-corrected chi connectivity index (χ2v) is 6.78. The van der Waals surface area contributed by atoms with E-state index in [4.69, 9.17) is 5.73 Å². The molecule has 0 fully saturated rings. The fraction of sp³-hybridized carbons (Fsp3) is 1.00. The summed E-state index contributed by atoms with van der Waals surface area (Å²) in [6, 6.07) is 0.169. The molecule has 0 aliphatic heterocycles. The van der Waals surface area contributed by atoms with Crippen molar-refractivity contribution >= 4 is 9.84 Å². The highest BCUT2D eigenvalue weighted by molar-refractivity contribution is 7.91. The van der Waals surface area contributed by atoms with Gasteiger partial charge < -0.3 is 5.73 Å². The highest BCUT2D eigenvalue weighted by atomic mass is 32.2. The molecule has 1 unspecified atom stereocenters. The summed E-state index contributed by atoms with van der Waals surface area (Å²) in [5, 5.41) is -0.259. The summed E-state index contributed by atoms with van der Waals surface area (Å²) in [5.74, 6) is 0.280. The molecule has 4 heteroatoms. The Labute approximate surface area is 88.0 Å². The molecule has 0 amide bonds. The Hall–Kier alpha value is -0.0900. The van der Waals surface area contributed by atoms with Crippen LogP contribution in [0, 0.1) is 0 Å². The topological polar surface area (TPSA) is 60.2 Å². The first-order valence-corrected chi connectivity index (χ1v) is 7.08. The van der Waals surface area contributed by atoms with Crippen LogP contribution >= 0.6 is 0 Å². The minimum Gasteiger partial charge on any atom is -0.328 e. The van der Waals surface area contributed by atoms with Gasteiger partial charge in [0.2, 0.25) is 0 Å². The minimum absolute atomic E-state index is 0.169. The predicted molar refractivity (Wildman–Crippen MR) is 61.0 cm³/mol. The van der Waals surface area contributed by atoms with Gasteiger partial charge >= 0.3 is 0 Å². The van der Waals surface area contributed by atoms with Gasteiger partial charge in [-0.2, -0.15) is 0 Å². The standard InChI is InChI=1S/C10H23NO2S/c1-4-6-10(11)7-5-8-14(12,13)9(2)3/h9-10H,4-8,11H2,1-3H3. The average molecular weight is 221 g/mol. The smallest absolute Gasteiger partial charge is 0.152 e. The first kappa shape index (κ1) is 13.9. The maximum absolute atomic E-state index is 11.4. The molecule has 0 bridgehead atoms. The molecule has 0 heterocycles. The van der Waals surface area contributed by atoms with E-state index in [-0.39, 0.29) is 17.0 Å². The van der Waals surface area contributed by atoms with Crippen LogP contribution < -0.4 is 5.73 Å². The number of rotatable bonds is 7. The Morgan fingerprint density at radius 2 is 1.79 bits per heavy atom. The third-order valence-corrected chi connectivity index (χ3v) is 4.68. The Kier molecular flexibility index (Phi) is 6.36. The van der Waals surface area contributed by atoms with E-state index in [1.54, 1.807) is 13.8 Å². The Balaban J connectivity index is 3.74. The quantitative estimate of drug-likeness (QED) is 0.712. The molecule has 0 aliphatic rings. The van der Waals surface area contributed by atoms with Gasteiger partial charge in [-0.1, -0.05) is 13.3 Å². The van der Waals surface area contributed by atoms with Crippen molar-refractivity contribution in [3.63, 3.8) is 0 Å². The van der Waals surface area contributed by atoms with E-state index < -0.39 is 9.84 Å². The lowest BCUT2D eigenvalue weighted by Gasteiger charge is -2.11. The number of hydrogen-bond acceptors (Lipinski definition) is 3. The van der Waals surface area contributed by atoms with E-state index in [1.807, 2.05) is 0 Å². The van der Waals surface area contributed by atoms with E-state index in [0.29, 0.717) is 6.42 Å². The van der Waals surface area contributed by atoms with Crippen molar-refractivity contribution in [1.29, 1.82) is 0 Å². The van der Waals surface area contributed by atoms with Gasteiger partial charge in [0.1, 0.15) is 0 Å². The van der Waals surface area contributed by atoms with Crippen LogP contribution in [0.2, 0.25) is 0 Å². The number of nitrogens with two attached hydrogens (primary N) is 1. The van der Waals surface area contributed by atoms with Gasteiger partial charge in [0.15, 0.2) is 9.84 Å². The lowest BCUT2D eigenvalue weighted by Crippen LogP contribution is -2.23. The highest BCUT2D eigenvalue weighted by Crippen LogP contribution is 2.07. The molecule has 2 N–H and O–H groups in total. The monoisotopic (exact) mass is 221 g/mol. The van der Waals surface area contributed by atoms with Crippen LogP contribution in [0.25, 0.3) is 0 Å². The Morgan fingerprint density at radius 1 is 1.21 bits per heavy atom. The van der Waals surface area contributed by atoms with Crippen molar-refractivity contribution in [1.82, 2.24) is 0 Å². The molecule has 0 spiro atoms. The molecule has 0 aromatic carbocycles. The molecule has 0 aromatic rings. The molecule has 0 saturated carbocycles. The molecule has 1 atom stereocenters. The van der Waals surface area contributed by atoms with Gasteiger partial charge in [0.05, 0.1) is 11.0 Å². The van der Waals surface area contributed by atoms with Gasteiger partial charge in [0.25, 0.3) is 0 Å².